The molecule has 0 spiro atoms. The number of hydrogen-bond acceptors (Lipinski definition) is 6. The molecular weight excluding hydrogens is 402 g/mol. The van der Waals surface area contributed by atoms with Gasteiger partial charge in [-0.3, -0.25) is 9.59 Å². The molecule has 0 radical (unpaired) electrons. The van der Waals surface area contributed by atoms with Gasteiger partial charge in [0, 0.05) is 36.3 Å². The third-order valence-corrected chi connectivity index (χ3v) is 5.87. The zero-order chi connectivity index (χ0) is 21.1. The molecule has 1 aliphatic rings. The number of anilines is 1. The lowest BCUT2D eigenvalue weighted by Gasteiger charge is -2.17. The molecule has 1 N–H and O–H groups in total. The Morgan fingerprint density at radius 1 is 1.33 bits per heavy atom. The molecule has 2 aromatic heterocycles. The van der Waals surface area contributed by atoms with Crippen molar-refractivity contribution in [3.05, 3.63) is 48.5 Å². The number of benzene rings is 1. The van der Waals surface area contributed by atoms with Crippen molar-refractivity contribution in [3.8, 4) is 11.5 Å². The molecule has 0 saturated carbocycles. The topological polar surface area (TPSA) is 93.3 Å². The van der Waals surface area contributed by atoms with Crippen molar-refractivity contribution in [2.45, 2.75) is 31.3 Å². The normalized spacial score (nSPS) is 16.3. The molecule has 0 bridgehead atoms. The molecule has 1 saturated heterocycles. The molecule has 3 heterocycles. The van der Waals surface area contributed by atoms with E-state index in [9.17, 15) is 9.59 Å². The average Bonchev–Trinajstić information content (AvgIpc) is 3.50. The standard InChI is InChI=1S/C21H23N5O3S/c1-3-25-9-5-8-17(25)20-23-18(29-24-20)12-22-21(28)14-10-19(27)26(13-14)15-6-4-7-16(11-15)30-2/h4-9,11,14H,3,10,12-13H2,1-2H3,(H,22,28). The van der Waals surface area contributed by atoms with Crippen molar-refractivity contribution >= 4 is 29.3 Å². The summed E-state index contributed by atoms with van der Waals surface area (Å²) in [5.74, 6) is 0.172. The number of nitrogens with one attached hydrogen (secondary N) is 1. The highest BCUT2D eigenvalue weighted by molar-refractivity contribution is 7.98. The van der Waals surface area contributed by atoms with Gasteiger partial charge >= 0.3 is 0 Å². The number of nitrogens with zero attached hydrogens (tertiary/aromatic N) is 4. The molecular formula is C21H23N5O3S. The van der Waals surface area contributed by atoms with E-state index in [1.807, 2.05) is 60.3 Å². The van der Waals surface area contributed by atoms with Crippen molar-refractivity contribution in [2.24, 2.45) is 5.92 Å². The Morgan fingerprint density at radius 2 is 2.20 bits per heavy atom. The van der Waals surface area contributed by atoms with Gasteiger partial charge in [0.05, 0.1) is 18.2 Å². The third-order valence-electron chi connectivity index (χ3n) is 5.14. The van der Waals surface area contributed by atoms with Gasteiger partial charge in [-0.25, -0.2) is 0 Å². The zero-order valence-electron chi connectivity index (χ0n) is 16.9. The first kappa shape index (κ1) is 20.2. The molecule has 1 unspecified atom stereocenters. The first-order chi connectivity index (χ1) is 14.6. The average molecular weight is 426 g/mol. The van der Waals surface area contributed by atoms with Crippen LogP contribution < -0.4 is 10.2 Å². The number of carbonyl (C=O) groups is 2. The predicted octanol–water partition coefficient (Wildman–Crippen LogP) is 2.95. The molecule has 8 nitrogen and oxygen atoms in total. The van der Waals surface area contributed by atoms with E-state index in [4.69, 9.17) is 4.52 Å². The molecule has 4 rings (SSSR count). The molecule has 9 heteroatoms. The minimum Gasteiger partial charge on any atom is -0.347 e. The molecule has 0 aliphatic carbocycles. The Kier molecular flexibility index (Phi) is 5.89. The van der Waals surface area contributed by atoms with Gasteiger partial charge in [-0.2, -0.15) is 4.98 Å². The minimum atomic E-state index is -0.407. The first-order valence-corrected chi connectivity index (χ1v) is 11.0. The number of amides is 2. The Bertz CT molecular complexity index is 1060. The second kappa shape index (κ2) is 8.74. The van der Waals surface area contributed by atoms with Crippen molar-refractivity contribution in [3.63, 3.8) is 0 Å². The number of rotatable bonds is 7. The van der Waals surface area contributed by atoms with Crippen LogP contribution in [0.5, 0.6) is 0 Å². The lowest BCUT2D eigenvalue weighted by atomic mass is 10.1. The van der Waals surface area contributed by atoms with Gasteiger partial charge in [0.25, 0.3) is 0 Å². The Morgan fingerprint density at radius 3 is 3.00 bits per heavy atom. The summed E-state index contributed by atoms with van der Waals surface area (Å²) in [5.41, 5.74) is 1.69. The second-order valence-electron chi connectivity index (χ2n) is 7.02. The highest BCUT2D eigenvalue weighted by Gasteiger charge is 2.35. The van der Waals surface area contributed by atoms with Gasteiger partial charge in [0.1, 0.15) is 0 Å². The Labute approximate surface area is 178 Å². The predicted molar refractivity (Wildman–Crippen MR) is 114 cm³/mol. The summed E-state index contributed by atoms with van der Waals surface area (Å²) in [6, 6.07) is 11.6. The van der Waals surface area contributed by atoms with Crippen molar-refractivity contribution in [1.29, 1.82) is 0 Å². The van der Waals surface area contributed by atoms with Gasteiger partial charge in [0.15, 0.2) is 0 Å². The van der Waals surface area contributed by atoms with Crippen LogP contribution >= 0.6 is 11.8 Å². The molecule has 2 amide bonds. The van der Waals surface area contributed by atoms with Crippen LogP contribution in [0.3, 0.4) is 0 Å². The largest absolute Gasteiger partial charge is 0.347 e. The Balaban J connectivity index is 1.36. The quantitative estimate of drug-likeness (QED) is 0.585. The van der Waals surface area contributed by atoms with Gasteiger partial charge in [-0.1, -0.05) is 11.2 Å². The van der Waals surface area contributed by atoms with Crippen LogP contribution in [0.25, 0.3) is 11.5 Å². The zero-order valence-corrected chi connectivity index (χ0v) is 17.7. The fraction of sp³-hybridized carbons (Fsp3) is 0.333. The van der Waals surface area contributed by atoms with E-state index in [1.54, 1.807) is 16.7 Å². The smallest absolute Gasteiger partial charge is 0.246 e. The van der Waals surface area contributed by atoms with E-state index >= 15 is 0 Å². The SMILES string of the molecule is CCn1cccc1-c1noc(CNC(=O)C2CC(=O)N(c3cccc(SC)c3)C2)n1. The Hall–Kier alpha value is -3.07. The molecule has 30 heavy (non-hydrogen) atoms. The van der Waals surface area contributed by atoms with Crippen LogP contribution in [0.2, 0.25) is 0 Å². The number of aryl methyl sites for hydroxylation is 1. The first-order valence-electron chi connectivity index (χ1n) is 9.79. The lowest BCUT2D eigenvalue weighted by molar-refractivity contribution is -0.126. The van der Waals surface area contributed by atoms with Gasteiger partial charge in [0.2, 0.25) is 23.5 Å². The maximum absolute atomic E-state index is 12.6. The van der Waals surface area contributed by atoms with Crippen LogP contribution in [0, 0.1) is 5.92 Å². The fourth-order valence-corrected chi connectivity index (χ4v) is 3.99. The van der Waals surface area contributed by atoms with Crippen LogP contribution in [0.4, 0.5) is 5.69 Å². The van der Waals surface area contributed by atoms with Crippen LogP contribution in [0.15, 0.2) is 52.0 Å². The van der Waals surface area contributed by atoms with Gasteiger partial charge in [-0.15, -0.1) is 11.8 Å². The summed E-state index contributed by atoms with van der Waals surface area (Å²) >= 11 is 1.62. The molecule has 1 fully saturated rings. The fourth-order valence-electron chi connectivity index (χ4n) is 3.54. The number of aromatic nitrogens is 3. The van der Waals surface area contributed by atoms with Gasteiger partial charge < -0.3 is 19.3 Å². The summed E-state index contributed by atoms with van der Waals surface area (Å²) in [5, 5.41) is 6.82. The van der Waals surface area contributed by atoms with Gasteiger partial charge in [-0.05, 0) is 43.5 Å². The number of hydrogen-bond donors (Lipinski definition) is 1. The monoisotopic (exact) mass is 425 g/mol. The van der Waals surface area contributed by atoms with Crippen molar-refractivity contribution < 1.29 is 14.1 Å². The van der Waals surface area contributed by atoms with Crippen molar-refractivity contribution in [1.82, 2.24) is 20.0 Å². The highest BCUT2D eigenvalue weighted by atomic mass is 32.2. The lowest BCUT2D eigenvalue weighted by Crippen LogP contribution is -2.32. The number of thioether (sulfide) groups is 1. The van der Waals surface area contributed by atoms with E-state index in [1.165, 1.54) is 0 Å². The third kappa shape index (κ3) is 4.11. The molecule has 1 aromatic carbocycles. The highest BCUT2D eigenvalue weighted by Crippen LogP contribution is 2.28. The number of carbonyl (C=O) groups excluding carboxylic acids is 2. The summed E-state index contributed by atoms with van der Waals surface area (Å²) in [4.78, 5) is 32.2. The maximum Gasteiger partial charge on any atom is 0.246 e. The minimum absolute atomic E-state index is 0.0474. The van der Waals surface area contributed by atoms with E-state index in [-0.39, 0.29) is 24.8 Å². The van der Waals surface area contributed by atoms with E-state index < -0.39 is 5.92 Å². The van der Waals surface area contributed by atoms with Crippen LogP contribution in [-0.2, 0) is 22.7 Å². The molecule has 3 aromatic rings. The van der Waals surface area contributed by atoms with Crippen molar-refractivity contribution in [2.75, 3.05) is 17.7 Å². The summed E-state index contributed by atoms with van der Waals surface area (Å²) in [6.45, 7) is 3.33. The summed E-state index contributed by atoms with van der Waals surface area (Å²) in [6.07, 6.45) is 4.13. The molecule has 1 aliphatic heterocycles. The molecule has 156 valence electrons. The summed E-state index contributed by atoms with van der Waals surface area (Å²) < 4.78 is 7.28. The second-order valence-corrected chi connectivity index (χ2v) is 7.90. The van der Waals surface area contributed by atoms with Crippen LogP contribution in [-0.4, -0.2) is 39.3 Å². The van der Waals surface area contributed by atoms with E-state index in [0.29, 0.717) is 18.3 Å². The van der Waals surface area contributed by atoms with E-state index in [2.05, 4.69) is 15.5 Å². The summed E-state index contributed by atoms with van der Waals surface area (Å²) in [7, 11) is 0. The van der Waals surface area contributed by atoms with Crippen LogP contribution in [0.1, 0.15) is 19.2 Å². The van der Waals surface area contributed by atoms with E-state index in [0.717, 1.165) is 22.8 Å². The molecule has 1 atom stereocenters. The maximum atomic E-state index is 12.6.